The highest BCUT2D eigenvalue weighted by molar-refractivity contribution is 7.18. The van der Waals surface area contributed by atoms with Gasteiger partial charge in [0, 0.05) is 0 Å². The van der Waals surface area contributed by atoms with Crippen LogP contribution in [0.25, 0.3) is 21.9 Å². The van der Waals surface area contributed by atoms with E-state index in [1.165, 1.54) is 19.3 Å². The van der Waals surface area contributed by atoms with E-state index >= 15 is 0 Å². The molecule has 0 radical (unpaired) electrons. The molecule has 0 aliphatic rings. The van der Waals surface area contributed by atoms with Crippen molar-refractivity contribution in [1.29, 1.82) is 0 Å². The van der Waals surface area contributed by atoms with E-state index in [0.717, 1.165) is 20.8 Å². The highest BCUT2D eigenvalue weighted by Gasteiger charge is 2.07. The molecule has 2 N–H and O–H groups in total. The van der Waals surface area contributed by atoms with Crippen molar-refractivity contribution in [2.24, 2.45) is 0 Å². The van der Waals surface area contributed by atoms with Gasteiger partial charge in [0.15, 0.2) is 0 Å². The largest absolute Gasteiger partial charge is 0.432 e. The summed E-state index contributed by atoms with van der Waals surface area (Å²) < 4.78 is 19.4. The van der Waals surface area contributed by atoms with E-state index in [9.17, 15) is 4.39 Å². The molecule has 0 atom stereocenters. The highest BCUT2D eigenvalue weighted by Crippen LogP contribution is 2.28. The zero-order valence-electron chi connectivity index (χ0n) is 12.1. The van der Waals surface area contributed by atoms with Gasteiger partial charge in [0.05, 0.1) is 21.1 Å². The lowest BCUT2D eigenvalue weighted by Gasteiger charge is -2.03. The van der Waals surface area contributed by atoms with Gasteiger partial charge >= 0.3 is 0 Å². The smallest absolute Gasteiger partial charge is 0.292 e. The molecule has 0 bridgehead atoms. The van der Waals surface area contributed by atoms with E-state index in [1.54, 1.807) is 17.4 Å². The third-order valence-electron chi connectivity index (χ3n) is 3.03. The molecule has 0 unspecified atom stereocenters. The Kier molecular flexibility index (Phi) is 3.77. The Morgan fingerprint density at radius 3 is 2.86 bits per heavy atom. The molecular weight excluding hydrogens is 301 g/mol. The third kappa shape index (κ3) is 3.07. The first-order valence-electron chi connectivity index (χ1n) is 6.65. The lowest BCUT2D eigenvalue weighted by atomic mass is 10.0. The molecule has 4 nitrogen and oxygen atoms in total. The van der Waals surface area contributed by atoms with Crippen LogP contribution in [0.2, 0.25) is 0 Å². The number of hydrogen-bond donors (Lipinski definition) is 1. The second kappa shape index (κ2) is 5.73. The number of benzene rings is 1. The summed E-state index contributed by atoms with van der Waals surface area (Å²) in [5.74, 6) is -0.289. The van der Waals surface area contributed by atoms with Crippen LogP contribution in [-0.2, 0) is 0 Å². The summed E-state index contributed by atoms with van der Waals surface area (Å²) in [7, 11) is 0. The van der Waals surface area contributed by atoms with Crippen molar-refractivity contribution in [3.63, 3.8) is 0 Å². The van der Waals surface area contributed by atoms with E-state index in [0.29, 0.717) is 11.3 Å². The number of nitrogen functional groups attached to an aromatic ring is 1. The van der Waals surface area contributed by atoms with Gasteiger partial charge in [0.25, 0.3) is 6.01 Å². The number of fused-ring (bicyclic) bond motifs is 1. The Morgan fingerprint density at radius 2 is 2.18 bits per heavy atom. The highest BCUT2D eigenvalue weighted by atomic mass is 32.1. The topological polar surface area (TPSA) is 64.9 Å². The van der Waals surface area contributed by atoms with Crippen molar-refractivity contribution < 1.29 is 8.81 Å². The number of aromatic nitrogens is 2. The van der Waals surface area contributed by atoms with Crippen molar-refractivity contribution >= 4 is 39.2 Å². The number of thiazole rings is 1. The quantitative estimate of drug-likeness (QED) is 0.718. The summed E-state index contributed by atoms with van der Waals surface area (Å²) in [6, 6.07) is 5.92. The van der Waals surface area contributed by atoms with Crippen LogP contribution in [0, 0.1) is 6.92 Å². The normalized spacial score (nSPS) is 13.0. The van der Waals surface area contributed by atoms with Crippen molar-refractivity contribution in [2.45, 2.75) is 13.8 Å². The lowest BCUT2D eigenvalue weighted by molar-refractivity contribution is 0.580. The summed E-state index contributed by atoms with van der Waals surface area (Å²) >= 11 is 1.61. The number of rotatable bonds is 3. The van der Waals surface area contributed by atoms with Crippen LogP contribution in [0.3, 0.4) is 0 Å². The van der Waals surface area contributed by atoms with Gasteiger partial charge in [-0.25, -0.2) is 9.37 Å². The van der Waals surface area contributed by atoms with Crippen LogP contribution in [0.4, 0.5) is 10.4 Å². The van der Waals surface area contributed by atoms with Gasteiger partial charge in [-0.1, -0.05) is 6.07 Å². The first-order chi connectivity index (χ1) is 10.5. The molecule has 1 aromatic carbocycles. The number of halogens is 1. The number of hydrogen-bond acceptors (Lipinski definition) is 5. The Hall–Kier alpha value is -2.47. The molecule has 6 heteroatoms. The number of nitrogens with two attached hydrogens (primary N) is 1. The number of anilines is 1. The maximum atomic E-state index is 13.4. The van der Waals surface area contributed by atoms with Gasteiger partial charge in [0.2, 0.25) is 0 Å². The number of allylic oxidation sites excluding steroid dienone is 3. The minimum absolute atomic E-state index is 0.0834. The van der Waals surface area contributed by atoms with E-state index in [1.807, 2.05) is 25.1 Å². The Labute approximate surface area is 130 Å². The summed E-state index contributed by atoms with van der Waals surface area (Å²) in [6.45, 7) is 3.37. The summed E-state index contributed by atoms with van der Waals surface area (Å²) in [5, 5.41) is 0.999. The second-order valence-electron chi connectivity index (χ2n) is 4.86. The minimum atomic E-state index is -0.289. The monoisotopic (exact) mass is 315 g/mol. The number of nitrogens with zero attached hydrogens (tertiary/aromatic N) is 2. The molecule has 0 aliphatic carbocycles. The van der Waals surface area contributed by atoms with Crippen LogP contribution in [0.5, 0.6) is 0 Å². The van der Waals surface area contributed by atoms with Crippen molar-refractivity contribution in [1.82, 2.24) is 9.97 Å². The van der Waals surface area contributed by atoms with Crippen LogP contribution in [-0.4, -0.2) is 9.97 Å². The zero-order valence-corrected chi connectivity index (χ0v) is 12.9. The van der Waals surface area contributed by atoms with Crippen molar-refractivity contribution in [2.75, 3.05) is 5.73 Å². The molecule has 0 saturated carbocycles. The van der Waals surface area contributed by atoms with Crippen LogP contribution in [0.1, 0.15) is 23.2 Å². The molecule has 112 valence electrons. The second-order valence-corrected chi connectivity index (χ2v) is 6.09. The van der Waals surface area contributed by atoms with Gasteiger partial charge in [0.1, 0.15) is 12.0 Å². The molecule has 3 aromatic rings. The van der Waals surface area contributed by atoms with Crippen molar-refractivity contribution in [3.8, 4) is 0 Å². The molecule has 2 aromatic heterocycles. The first-order valence-corrected chi connectivity index (χ1v) is 7.47. The fraction of sp³-hybridized carbons (Fsp3) is 0.125. The molecule has 0 aliphatic heterocycles. The Balaban J connectivity index is 2.11. The molecule has 3 rings (SSSR count). The zero-order chi connectivity index (χ0) is 15.7. The van der Waals surface area contributed by atoms with E-state index < -0.39 is 0 Å². The maximum absolute atomic E-state index is 13.4. The first kappa shape index (κ1) is 14.5. The van der Waals surface area contributed by atoms with Gasteiger partial charge in [-0.2, -0.15) is 4.98 Å². The van der Waals surface area contributed by atoms with Gasteiger partial charge in [-0.05, 0) is 49.3 Å². The van der Waals surface area contributed by atoms with Crippen LogP contribution < -0.4 is 5.73 Å². The molecule has 0 fully saturated rings. The third-order valence-corrected chi connectivity index (χ3v) is 3.96. The van der Waals surface area contributed by atoms with Gasteiger partial charge in [-0.15, -0.1) is 11.3 Å². The lowest BCUT2D eigenvalue weighted by Crippen LogP contribution is -1.85. The summed E-state index contributed by atoms with van der Waals surface area (Å²) in [5.41, 5.74) is 8.54. The molecule has 22 heavy (non-hydrogen) atoms. The minimum Gasteiger partial charge on any atom is -0.432 e. The predicted octanol–water partition coefficient (Wildman–Crippen LogP) is 4.59. The van der Waals surface area contributed by atoms with E-state index in [2.05, 4.69) is 9.97 Å². The Morgan fingerprint density at radius 1 is 1.36 bits per heavy atom. The predicted molar refractivity (Wildman–Crippen MR) is 88.0 cm³/mol. The van der Waals surface area contributed by atoms with E-state index in [4.69, 9.17) is 10.2 Å². The average molecular weight is 315 g/mol. The fourth-order valence-corrected chi connectivity index (χ4v) is 3.03. The van der Waals surface area contributed by atoms with Crippen molar-refractivity contribution in [3.05, 3.63) is 52.6 Å². The number of oxazole rings is 1. The maximum Gasteiger partial charge on any atom is 0.292 e. The molecular formula is C16H14FN3OS. The van der Waals surface area contributed by atoms with E-state index in [-0.39, 0.29) is 11.8 Å². The molecule has 0 saturated heterocycles. The summed E-state index contributed by atoms with van der Waals surface area (Å²) in [4.78, 5) is 8.45. The standard InChI is InChI=1S/C16H14FN3OS/c1-9(17)5-12(6-13-8-21-16(18)20-13)11-3-4-14-15(7-11)22-10(2)19-14/h3-8H,1-2H3,(H2,18,20)/b9-5+,12-6+. The number of aryl methyl sites for hydroxylation is 1. The fourth-order valence-electron chi connectivity index (χ4n) is 2.17. The molecule has 0 amide bonds. The Bertz CT molecular complexity index is 888. The SMILES string of the molecule is C/C(F)=C\C(=C/c1coc(N)n1)c1ccc2nc(C)sc2c1. The van der Waals surface area contributed by atoms with Crippen LogP contribution >= 0.6 is 11.3 Å². The average Bonchev–Trinajstić information content (AvgIpc) is 3.01. The van der Waals surface area contributed by atoms with Gasteiger partial charge < -0.3 is 10.2 Å². The molecule has 2 heterocycles. The molecule has 0 spiro atoms. The van der Waals surface area contributed by atoms with Gasteiger partial charge in [-0.3, -0.25) is 0 Å². The summed E-state index contributed by atoms with van der Waals surface area (Å²) in [6.07, 6.45) is 4.63. The van der Waals surface area contributed by atoms with Crippen LogP contribution in [0.15, 0.2) is 40.8 Å².